The summed E-state index contributed by atoms with van der Waals surface area (Å²) >= 11 is 5.56. The zero-order valence-electron chi connectivity index (χ0n) is 10.6. The second-order valence-corrected chi connectivity index (χ2v) is 4.17. The zero-order chi connectivity index (χ0) is 13.5. The lowest BCUT2D eigenvalue weighted by molar-refractivity contribution is 0.193. The van der Waals surface area contributed by atoms with E-state index in [1.165, 1.54) is 12.1 Å². The summed E-state index contributed by atoms with van der Waals surface area (Å²) in [6.07, 6.45) is 1.84. The average Bonchev–Trinajstić information content (AvgIpc) is 2.38. The Labute approximate surface area is 112 Å². The molecule has 0 bridgehead atoms. The lowest BCUT2D eigenvalue weighted by Crippen LogP contribution is -2.15. The molecule has 5 heteroatoms. The molecular weight excluding hydrogens is 255 g/mol. The van der Waals surface area contributed by atoms with E-state index in [1.54, 1.807) is 6.07 Å². The molecule has 0 aliphatic carbocycles. The van der Waals surface area contributed by atoms with Crippen LogP contribution in [0, 0.1) is 5.82 Å². The first-order valence-electron chi connectivity index (χ1n) is 5.95. The summed E-state index contributed by atoms with van der Waals surface area (Å²) in [6, 6.07) is 4.19. The van der Waals surface area contributed by atoms with E-state index in [0.717, 1.165) is 12.8 Å². The first kappa shape index (κ1) is 14.8. The van der Waals surface area contributed by atoms with Gasteiger partial charge in [-0.3, -0.25) is 0 Å². The van der Waals surface area contributed by atoms with Crippen molar-refractivity contribution in [1.29, 1.82) is 0 Å². The molecule has 1 aromatic rings. The maximum absolute atomic E-state index is 13.2. The van der Waals surface area contributed by atoms with E-state index in [2.05, 4.69) is 4.99 Å². The summed E-state index contributed by atoms with van der Waals surface area (Å²) in [5.74, 6) is 0.476. The first-order valence-corrected chi connectivity index (χ1v) is 6.49. The minimum atomic E-state index is -0.381. The minimum Gasteiger partial charge on any atom is -0.488 e. The van der Waals surface area contributed by atoms with Crippen molar-refractivity contribution in [2.45, 2.75) is 32.8 Å². The van der Waals surface area contributed by atoms with Crippen molar-refractivity contribution in [2.24, 2.45) is 10.7 Å². The first-order chi connectivity index (χ1) is 8.60. The summed E-state index contributed by atoms with van der Waals surface area (Å²) in [6.45, 7) is 4.07. The highest BCUT2D eigenvalue weighted by Gasteiger charge is 2.10. The molecule has 0 amide bonds. The number of benzene rings is 1. The minimum absolute atomic E-state index is 0.0848. The van der Waals surface area contributed by atoms with Crippen molar-refractivity contribution >= 4 is 23.1 Å². The monoisotopic (exact) mass is 272 g/mol. The van der Waals surface area contributed by atoms with E-state index >= 15 is 0 Å². The topological polar surface area (TPSA) is 47.6 Å². The van der Waals surface area contributed by atoms with Gasteiger partial charge in [-0.1, -0.05) is 13.8 Å². The molecule has 0 heterocycles. The van der Waals surface area contributed by atoms with Gasteiger partial charge in [0, 0.05) is 6.07 Å². The van der Waals surface area contributed by atoms with Crippen LogP contribution in [0.2, 0.25) is 0 Å². The van der Waals surface area contributed by atoms with Gasteiger partial charge in [-0.2, -0.15) is 0 Å². The summed E-state index contributed by atoms with van der Waals surface area (Å²) in [4.78, 5) is 4.06. The van der Waals surface area contributed by atoms with Crippen molar-refractivity contribution in [3.05, 3.63) is 24.0 Å². The van der Waals surface area contributed by atoms with Crippen LogP contribution in [-0.2, 0) is 0 Å². The van der Waals surface area contributed by atoms with Crippen molar-refractivity contribution in [3.63, 3.8) is 0 Å². The molecule has 100 valence electrons. The van der Waals surface area contributed by atoms with E-state index < -0.39 is 0 Å². The smallest absolute Gasteiger partial charge is 0.145 e. The normalized spacial score (nSPS) is 11.9. The molecule has 18 heavy (non-hydrogen) atoms. The van der Waals surface area contributed by atoms with E-state index in [9.17, 15) is 4.39 Å². The molecule has 0 aliphatic rings. The molecule has 0 spiro atoms. The molecule has 0 aliphatic heterocycles. The van der Waals surface area contributed by atoms with Crippen molar-refractivity contribution in [2.75, 3.05) is 5.88 Å². The lowest BCUT2D eigenvalue weighted by Gasteiger charge is -2.17. The molecule has 0 saturated carbocycles. The number of ether oxygens (including phenoxy) is 1. The molecule has 0 aromatic heterocycles. The predicted molar refractivity (Wildman–Crippen MR) is 73.4 cm³/mol. The second kappa shape index (κ2) is 7.21. The second-order valence-electron chi connectivity index (χ2n) is 3.91. The highest BCUT2D eigenvalue weighted by atomic mass is 35.5. The van der Waals surface area contributed by atoms with Gasteiger partial charge in [0.2, 0.25) is 0 Å². The number of nitrogens with zero attached hydrogens (tertiary/aromatic N) is 1. The molecule has 0 atom stereocenters. The number of rotatable bonds is 6. The van der Waals surface area contributed by atoms with Crippen molar-refractivity contribution in [3.8, 4) is 5.75 Å². The third-order valence-corrected chi connectivity index (χ3v) is 2.80. The molecule has 1 aromatic carbocycles. The quantitative estimate of drug-likeness (QED) is 0.488. The van der Waals surface area contributed by atoms with Crippen molar-refractivity contribution in [1.82, 2.24) is 0 Å². The number of aliphatic imine (C=N–C) groups is 1. The van der Waals surface area contributed by atoms with Crippen LogP contribution in [0.4, 0.5) is 10.1 Å². The third kappa shape index (κ3) is 4.18. The third-order valence-electron chi connectivity index (χ3n) is 2.53. The number of amidine groups is 1. The van der Waals surface area contributed by atoms with Gasteiger partial charge in [-0.15, -0.1) is 11.6 Å². The Morgan fingerprint density at radius 3 is 2.67 bits per heavy atom. The van der Waals surface area contributed by atoms with Crippen LogP contribution >= 0.6 is 11.6 Å². The zero-order valence-corrected chi connectivity index (χ0v) is 11.4. The van der Waals surface area contributed by atoms with Crippen LogP contribution in [0.25, 0.3) is 0 Å². The van der Waals surface area contributed by atoms with Gasteiger partial charge < -0.3 is 10.5 Å². The number of hydrogen-bond donors (Lipinski definition) is 1. The maximum Gasteiger partial charge on any atom is 0.145 e. The molecular formula is C13H18ClFN2O. The molecule has 0 saturated heterocycles. The van der Waals surface area contributed by atoms with E-state index in [-0.39, 0.29) is 23.6 Å². The molecule has 0 fully saturated rings. The summed E-state index contributed by atoms with van der Waals surface area (Å²) in [5, 5.41) is 0. The molecule has 3 nitrogen and oxygen atoms in total. The van der Waals surface area contributed by atoms with Crippen LogP contribution in [0.5, 0.6) is 5.75 Å². The van der Waals surface area contributed by atoms with Gasteiger partial charge in [0.25, 0.3) is 0 Å². The van der Waals surface area contributed by atoms with Crippen LogP contribution in [0.15, 0.2) is 23.2 Å². The molecule has 0 unspecified atom stereocenters. The SMILES string of the molecule is CCC(CC)Oc1ccc(F)cc1N=C(N)CCl. The molecule has 1 rings (SSSR count). The lowest BCUT2D eigenvalue weighted by atomic mass is 10.2. The Balaban J connectivity index is 3.03. The van der Waals surface area contributed by atoms with Gasteiger partial charge in [0.05, 0.1) is 12.0 Å². The Bertz CT molecular complexity index is 419. The van der Waals surface area contributed by atoms with Gasteiger partial charge >= 0.3 is 0 Å². The van der Waals surface area contributed by atoms with Gasteiger partial charge in [0.1, 0.15) is 23.1 Å². The highest BCUT2D eigenvalue weighted by molar-refractivity contribution is 6.28. The van der Waals surface area contributed by atoms with Crippen LogP contribution in [0.1, 0.15) is 26.7 Å². The van der Waals surface area contributed by atoms with E-state index in [0.29, 0.717) is 11.4 Å². The van der Waals surface area contributed by atoms with Crippen LogP contribution in [-0.4, -0.2) is 17.8 Å². The summed E-state index contributed by atoms with van der Waals surface area (Å²) in [7, 11) is 0. The Morgan fingerprint density at radius 1 is 1.44 bits per heavy atom. The fraction of sp³-hybridized carbons (Fsp3) is 0.462. The number of halogens is 2. The maximum atomic E-state index is 13.2. The van der Waals surface area contributed by atoms with Crippen LogP contribution in [0.3, 0.4) is 0 Å². The Kier molecular flexibility index (Phi) is 5.92. The predicted octanol–water partition coefficient (Wildman–Crippen LogP) is 3.62. The largest absolute Gasteiger partial charge is 0.488 e. The molecule has 0 radical (unpaired) electrons. The number of alkyl halides is 1. The summed E-state index contributed by atoms with van der Waals surface area (Å²) in [5.41, 5.74) is 5.93. The Morgan fingerprint density at radius 2 is 2.11 bits per heavy atom. The fourth-order valence-electron chi connectivity index (χ4n) is 1.50. The highest BCUT2D eigenvalue weighted by Crippen LogP contribution is 2.30. The van der Waals surface area contributed by atoms with E-state index in [4.69, 9.17) is 22.1 Å². The average molecular weight is 273 g/mol. The van der Waals surface area contributed by atoms with Crippen LogP contribution < -0.4 is 10.5 Å². The number of nitrogens with two attached hydrogens (primary N) is 1. The number of hydrogen-bond acceptors (Lipinski definition) is 2. The van der Waals surface area contributed by atoms with Gasteiger partial charge in [0.15, 0.2) is 0 Å². The van der Waals surface area contributed by atoms with Gasteiger partial charge in [-0.25, -0.2) is 9.38 Å². The van der Waals surface area contributed by atoms with E-state index in [1.807, 2.05) is 13.8 Å². The fourth-order valence-corrected chi connectivity index (χ4v) is 1.56. The molecule has 2 N–H and O–H groups in total. The van der Waals surface area contributed by atoms with Gasteiger partial charge in [-0.05, 0) is 25.0 Å². The Hall–Kier alpha value is -1.29. The standard InChI is InChI=1S/C13H18ClFN2O/c1-3-10(4-2)18-12-6-5-9(15)7-11(12)17-13(16)8-14/h5-7,10H,3-4,8H2,1-2H3,(H2,16,17). The van der Waals surface area contributed by atoms with Crippen molar-refractivity contribution < 1.29 is 9.13 Å². The summed E-state index contributed by atoms with van der Waals surface area (Å²) < 4.78 is 19.0.